The number of carbonyl (C=O) groups is 2. The molecule has 0 unspecified atom stereocenters. The number of aryl methyl sites for hydroxylation is 1. The first-order valence-electron chi connectivity index (χ1n) is 16.7. The van der Waals surface area contributed by atoms with E-state index in [1.54, 1.807) is 13.1 Å². The molecule has 2 aromatic carbocycles. The Bertz CT molecular complexity index is 2250. The first-order chi connectivity index (χ1) is 24.4. The summed E-state index contributed by atoms with van der Waals surface area (Å²) in [4.78, 5) is 32.8. The summed E-state index contributed by atoms with van der Waals surface area (Å²) in [6.45, 7) is 1.18. The number of amides is 1. The van der Waals surface area contributed by atoms with E-state index in [1.165, 1.54) is 45.8 Å². The topological polar surface area (TPSA) is 101 Å². The molecule has 5 heterocycles. The number of alkyl halides is 3. The van der Waals surface area contributed by atoms with Crippen LogP contribution in [0.15, 0.2) is 61.1 Å². The van der Waals surface area contributed by atoms with E-state index in [0.717, 1.165) is 44.0 Å². The monoisotopic (exact) mass is 705 g/mol. The standard InChI is InChI=1S/C37H32F5N5O4/c1-45-18-43-32-26(45)17-23(37(40,41)42)30-22-4-2-11-47-27(16-20(33(22)47)9-13-51-36(30)32)35(50)21-14-24(38)31(25(39)15-21)44-29(49)5-3-10-46-12-8-19-6-7-28(48)34(19)46/h2-5,11,14-19,28,34,48H,6-10,12-13H2,1H3,(H,44,49)/b5-3+/t19-,28-,34+/m1/s1. The van der Waals surface area contributed by atoms with Crippen molar-refractivity contribution in [3.8, 4) is 16.9 Å². The van der Waals surface area contributed by atoms with E-state index in [4.69, 9.17) is 4.74 Å². The van der Waals surface area contributed by atoms with Gasteiger partial charge in [-0.1, -0.05) is 12.1 Å². The fraction of sp³-hybridized carbons (Fsp3) is 0.324. The van der Waals surface area contributed by atoms with Crippen molar-refractivity contribution in [2.45, 2.75) is 44.0 Å². The van der Waals surface area contributed by atoms with Gasteiger partial charge in [0.1, 0.15) is 22.8 Å². The molecule has 0 radical (unpaired) electrons. The summed E-state index contributed by atoms with van der Waals surface area (Å²) in [7, 11) is 1.59. The summed E-state index contributed by atoms with van der Waals surface area (Å²) in [5.74, 6) is -3.49. The molecule has 5 aromatic rings. The van der Waals surface area contributed by atoms with Gasteiger partial charge in [0.25, 0.3) is 0 Å². The second-order valence-corrected chi connectivity index (χ2v) is 13.4. The molecule has 2 aliphatic heterocycles. The number of likely N-dealkylation sites (tertiary alicyclic amines) is 1. The number of benzene rings is 2. The number of aliphatic hydroxyl groups excluding tert-OH is 1. The van der Waals surface area contributed by atoms with Crippen LogP contribution in [-0.4, -0.2) is 67.5 Å². The number of nitrogens with one attached hydrogen (secondary N) is 1. The molecule has 1 saturated carbocycles. The van der Waals surface area contributed by atoms with Crippen LogP contribution in [0.25, 0.3) is 27.7 Å². The second-order valence-electron chi connectivity index (χ2n) is 13.4. The number of aliphatic hydroxyl groups is 1. The number of carbonyl (C=O) groups excluding carboxylic acids is 2. The molecule has 2 N–H and O–H groups in total. The number of hydrogen-bond acceptors (Lipinski definition) is 6. The predicted octanol–water partition coefficient (Wildman–Crippen LogP) is 6.30. The number of nitrogens with zero attached hydrogens (tertiary/aromatic N) is 4. The first kappa shape index (κ1) is 33.1. The van der Waals surface area contributed by atoms with Crippen molar-refractivity contribution in [3.63, 3.8) is 0 Å². The van der Waals surface area contributed by atoms with E-state index in [9.17, 15) is 27.9 Å². The van der Waals surface area contributed by atoms with Crippen molar-refractivity contribution in [2.24, 2.45) is 13.0 Å². The van der Waals surface area contributed by atoms with Gasteiger partial charge in [-0.15, -0.1) is 0 Å². The van der Waals surface area contributed by atoms with Crippen molar-refractivity contribution >= 4 is 33.9 Å². The zero-order valence-electron chi connectivity index (χ0n) is 27.3. The van der Waals surface area contributed by atoms with Gasteiger partial charge in [0, 0.05) is 55.0 Å². The maximum atomic E-state index is 15.3. The molecule has 8 rings (SSSR count). The van der Waals surface area contributed by atoms with E-state index in [1.807, 2.05) is 0 Å². The third-order valence-electron chi connectivity index (χ3n) is 10.3. The number of pyridine rings is 1. The molecule has 3 aromatic heterocycles. The van der Waals surface area contributed by atoms with Crippen LogP contribution in [0.2, 0.25) is 0 Å². The fourth-order valence-corrected chi connectivity index (χ4v) is 8.06. The summed E-state index contributed by atoms with van der Waals surface area (Å²) in [5.41, 5.74) is -0.751. The van der Waals surface area contributed by atoms with Gasteiger partial charge in [0.2, 0.25) is 11.7 Å². The lowest BCUT2D eigenvalue weighted by molar-refractivity contribution is -0.137. The highest BCUT2D eigenvalue weighted by molar-refractivity contribution is 6.10. The maximum absolute atomic E-state index is 15.3. The normalized spacial score (nSPS) is 20.4. The molecule has 51 heavy (non-hydrogen) atoms. The number of fused-ring (bicyclic) bond motifs is 5. The second kappa shape index (κ2) is 12.3. The molecule has 9 nitrogen and oxygen atoms in total. The Morgan fingerprint density at radius 1 is 1.12 bits per heavy atom. The van der Waals surface area contributed by atoms with Crippen molar-refractivity contribution in [1.82, 2.24) is 18.9 Å². The smallest absolute Gasteiger partial charge is 0.417 e. The molecular weight excluding hydrogens is 673 g/mol. The quantitative estimate of drug-likeness (QED) is 0.122. The van der Waals surface area contributed by atoms with Gasteiger partial charge in [0.15, 0.2) is 5.75 Å². The van der Waals surface area contributed by atoms with Gasteiger partial charge < -0.3 is 24.1 Å². The van der Waals surface area contributed by atoms with Crippen molar-refractivity contribution in [2.75, 3.05) is 25.0 Å². The summed E-state index contributed by atoms with van der Waals surface area (Å²) in [6.07, 6.45) is 3.41. The molecule has 0 spiro atoms. The molecule has 1 aliphatic carbocycles. The number of ether oxygens (including phenoxy) is 1. The number of halogens is 5. The molecule has 14 heteroatoms. The van der Waals surface area contributed by atoms with Crippen molar-refractivity contribution in [1.29, 1.82) is 0 Å². The summed E-state index contributed by atoms with van der Waals surface area (Å²) in [6, 6.07) is 7.19. The van der Waals surface area contributed by atoms with Gasteiger partial charge >= 0.3 is 6.18 Å². The minimum Gasteiger partial charge on any atom is -0.490 e. The van der Waals surface area contributed by atoms with Gasteiger partial charge in [0.05, 0.1) is 41.3 Å². The highest BCUT2D eigenvalue weighted by Crippen LogP contribution is 2.48. The lowest BCUT2D eigenvalue weighted by atomic mass is 9.94. The highest BCUT2D eigenvalue weighted by atomic mass is 19.4. The fourth-order valence-electron chi connectivity index (χ4n) is 8.06. The van der Waals surface area contributed by atoms with E-state index in [-0.39, 0.29) is 58.2 Å². The van der Waals surface area contributed by atoms with Gasteiger partial charge in [-0.2, -0.15) is 13.2 Å². The average Bonchev–Trinajstić information content (AvgIpc) is 3.85. The summed E-state index contributed by atoms with van der Waals surface area (Å²) in [5, 5.41) is 12.5. The molecule has 1 saturated heterocycles. The zero-order valence-corrected chi connectivity index (χ0v) is 27.3. The zero-order chi connectivity index (χ0) is 35.8. The number of ketones is 1. The number of aromatic nitrogens is 3. The molecule has 2 fully saturated rings. The minimum atomic E-state index is -4.76. The number of rotatable bonds is 6. The van der Waals surface area contributed by atoms with Crippen LogP contribution in [0.3, 0.4) is 0 Å². The van der Waals surface area contributed by atoms with Gasteiger partial charge in [-0.25, -0.2) is 13.8 Å². The van der Waals surface area contributed by atoms with Gasteiger partial charge in [-0.3, -0.25) is 14.5 Å². The number of imidazole rings is 1. The van der Waals surface area contributed by atoms with Crippen LogP contribution in [0.1, 0.15) is 46.4 Å². The third-order valence-corrected chi connectivity index (χ3v) is 10.3. The van der Waals surface area contributed by atoms with Crippen LogP contribution in [0, 0.1) is 17.6 Å². The Morgan fingerprint density at radius 2 is 1.90 bits per heavy atom. The lowest BCUT2D eigenvalue weighted by Gasteiger charge is -2.25. The van der Waals surface area contributed by atoms with E-state index >= 15 is 8.78 Å². The highest BCUT2D eigenvalue weighted by Gasteiger charge is 2.43. The Kier molecular flexibility index (Phi) is 7.98. The summed E-state index contributed by atoms with van der Waals surface area (Å²) < 4.78 is 83.3. The summed E-state index contributed by atoms with van der Waals surface area (Å²) >= 11 is 0. The van der Waals surface area contributed by atoms with Crippen LogP contribution < -0.4 is 10.1 Å². The number of hydrogen-bond donors (Lipinski definition) is 2. The first-order valence-corrected chi connectivity index (χ1v) is 16.7. The number of anilines is 1. The van der Waals surface area contributed by atoms with Crippen molar-refractivity contribution < 1.29 is 41.4 Å². The van der Waals surface area contributed by atoms with Crippen LogP contribution >= 0.6 is 0 Å². The van der Waals surface area contributed by atoms with E-state index in [0.29, 0.717) is 23.5 Å². The van der Waals surface area contributed by atoms with E-state index < -0.39 is 46.9 Å². The molecule has 3 aliphatic rings. The van der Waals surface area contributed by atoms with Crippen molar-refractivity contribution in [3.05, 3.63) is 95.1 Å². The molecule has 1 amide bonds. The molecular formula is C37H32F5N5O4. The predicted molar refractivity (Wildman–Crippen MR) is 178 cm³/mol. The molecule has 3 atom stereocenters. The van der Waals surface area contributed by atoms with Crippen LogP contribution in [0.4, 0.5) is 27.6 Å². The SMILES string of the molecule is Cn1cnc2c3c(c(C(F)(F)F)cc21)-c1cccn2c(C(=O)c4cc(F)c(NC(=O)/C=C/CN5CC[C@H]6CC[C@@H](O)[C@H]65)c(F)c4)cc(c12)CCO3. The minimum absolute atomic E-state index is 0.0190. The Balaban J connectivity index is 1.10. The molecule has 0 bridgehead atoms. The van der Waals surface area contributed by atoms with Gasteiger partial charge in [-0.05, 0) is 67.6 Å². The molecule has 264 valence electrons. The Hall–Kier alpha value is -5.08. The third kappa shape index (κ3) is 5.57. The van der Waals surface area contributed by atoms with Crippen LogP contribution in [-0.2, 0) is 24.4 Å². The van der Waals surface area contributed by atoms with Crippen LogP contribution in [0.5, 0.6) is 5.75 Å². The average molecular weight is 706 g/mol. The lowest BCUT2D eigenvalue weighted by Crippen LogP contribution is -2.38. The Labute approximate surface area is 287 Å². The Morgan fingerprint density at radius 3 is 2.67 bits per heavy atom. The largest absolute Gasteiger partial charge is 0.490 e. The maximum Gasteiger partial charge on any atom is 0.417 e. The van der Waals surface area contributed by atoms with E-state index in [2.05, 4.69) is 15.2 Å².